The number of para-hydroxylation sites is 1. The minimum absolute atomic E-state index is 0.0688. The molecule has 0 aromatic heterocycles. The molecule has 2 rings (SSSR count). The second-order valence-corrected chi connectivity index (χ2v) is 7.36. The molecule has 0 fully saturated rings. The van der Waals surface area contributed by atoms with Crippen molar-refractivity contribution in [1.29, 1.82) is 0 Å². The van der Waals surface area contributed by atoms with Crippen molar-refractivity contribution in [3.63, 3.8) is 0 Å². The highest BCUT2D eigenvalue weighted by Crippen LogP contribution is 2.34. The van der Waals surface area contributed by atoms with Crippen LogP contribution < -0.4 is 4.74 Å². The first-order valence-corrected chi connectivity index (χ1v) is 8.34. The summed E-state index contributed by atoms with van der Waals surface area (Å²) in [5, 5.41) is 0. The molecule has 0 aliphatic heterocycles. The highest BCUT2D eigenvalue weighted by atomic mass is 16.5. The minimum atomic E-state index is 0.0688. The topological polar surface area (TPSA) is 12.5 Å². The first-order valence-electron chi connectivity index (χ1n) is 8.34. The Bertz CT molecular complexity index is 599. The van der Waals surface area contributed by atoms with E-state index in [0.717, 1.165) is 18.7 Å². The van der Waals surface area contributed by atoms with Gasteiger partial charge in [-0.05, 0) is 36.7 Å². The van der Waals surface area contributed by atoms with Crippen LogP contribution in [0.3, 0.4) is 0 Å². The summed E-state index contributed by atoms with van der Waals surface area (Å²) in [5.41, 5.74) is 2.56. The Morgan fingerprint density at radius 1 is 0.913 bits per heavy atom. The molecule has 2 nitrogen and oxygen atoms in total. The number of hydrogen-bond donors (Lipinski definition) is 0. The summed E-state index contributed by atoms with van der Waals surface area (Å²) in [4.78, 5) is 2.20. The molecule has 23 heavy (non-hydrogen) atoms. The average molecular weight is 311 g/mol. The Hall–Kier alpha value is -1.80. The number of benzene rings is 2. The van der Waals surface area contributed by atoms with Crippen LogP contribution in [0.1, 0.15) is 44.4 Å². The second kappa shape index (κ2) is 7.65. The number of hydrogen-bond acceptors (Lipinski definition) is 2. The summed E-state index contributed by atoms with van der Waals surface area (Å²) in [6, 6.07) is 18.9. The number of rotatable bonds is 6. The molecule has 1 unspecified atom stereocenters. The molecule has 2 aromatic rings. The highest BCUT2D eigenvalue weighted by molar-refractivity contribution is 5.39. The first-order chi connectivity index (χ1) is 10.9. The van der Waals surface area contributed by atoms with E-state index in [1.807, 2.05) is 0 Å². The smallest absolute Gasteiger partial charge is 0.125 e. The third-order valence-corrected chi connectivity index (χ3v) is 3.97. The normalized spacial score (nSPS) is 13.1. The largest absolute Gasteiger partial charge is 0.485 e. The van der Waals surface area contributed by atoms with Crippen molar-refractivity contribution in [1.82, 2.24) is 4.90 Å². The van der Waals surface area contributed by atoms with Gasteiger partial charge < -0.3 is 9.64 Å². The van der Waals surface area contributed by atoms with Gasteiger partial charge in [0.05, 0.1) is 0 Å². The summed E-state index contributed by atoms with van der Waals surface area (Å²) in [6.07, 6.45) is 1.04. The van der Waals surface area contributed by atoms with E-state index in [2.05, 4.69) is 94.4 Å². The van der Waals surface area contributed by atoms with Crippen molar-refractivity contribution < 1.29 is 4.74 Å². The van der Waals surface area contributed by atoms with E-state index in [9.17, 15) is 0 Å². The summed E-state index contributed by atoms with van der Waals surface area (Å²) in [7, 11) is 4.20. The molecule has 0 aliphatic carbocycles. The van der Waals surface area contributed by atoms with Crippen molar-refractivity contribution in [2.75, 3.05) is 20.6 Å². The van der Waals surface area contributed by atoms with Gasteiger partial charge in [-0.2, -0.15) is 0 Å². The van der Waals surface area contributed by atoms with Gasteiger partial charge >= 0.3 is 0 Å². The van der Waals surface area contributed by atoms with Crippen LogP contribution in [-0.2, 0) is 5.41 Å². The monoisotopic (exact) mass is 311 g/mol. The number of nitrogens with zero attached hydrogens (tertiary/aromatic N) is 1. The summed E-state index contributed by atoms with van der Waals surface area (Å²) >= 11 is 0. The van der Waals surface area contributed by atoms with Gasteiger partial charge in [0, 0.05) is 13.0 Å². The Morgan fingerprint density at radius 3 is 2.13 bits per heavy atom. The maximum Gasteiger partial charge on any atom is 0.125 e. The lowest BCUT2D eigenvalue weighted by molar-refractivity contribution is 0.176. The minimum Gasteiger partial charge on any atom is -0.485 e. The van der Waals surface area contributed by atoms with Gasteiger partial charge in [-0.3, -0.25) is 0 Å². The van der Waals surface area contributed by atoms with Gasteiger partial charge in [0.2, 0.25) is 0 Å². The third-order valence-electron chi connectivity index (χ3n) is 3.97. The third kappa shape index (κ3) is 5.11. The molecule has 2 aromatic carbocycles. The quantitative estimate of drug-likeness (QED) is 0.739. The molecule has 0 aliphatic rings. The zero-order chi connectivity index (χ0) is 16.9. The predicted octanol–water partition coefficient (Wildman–Crippen LogP) is 5.06. The fourth-order valence-electron chi connectivity index (χ4n) is 2.68. The fraction of sp³-hybridized carbons (Fsp3) is 0.429. The molecule has 0 N–H and O–H groups in total. The van der Waals surface area contributed by atoms with E-state index >= 15 is 0 Å². The van der Waals surface area contributed by atoms with E-state index in [0.29, 0.717) is 0 Å². The molecule has 0 saturated heterocycles. The van der Waals surface area contributed by atoms with Crippen molar-refractivity contribution >= 4 is 0 Å². The zero-order valence-corrected chi connectivity index (χ0v) is 15.0. The number of ether oxygens (including phenoxy) is 1. The molecule has 0 spiro atoms. The Balaban J connectivity index is 2.28. The van der Waals surface area contributed by atoms with Gasteiger partial charge in [0.1, 0.15) is 11.9 Å². The summed E-state index contributed by atoms with van der Waals surface area (Å²) in [5.74, 6) is 0.993. The first kappa shape index (κ1) is 17.6. The van der Waals surface area contributed by atoms with Gasteiger partial charge in [-0.25, -0.2) is 0 Å². The van der Waals surface area contributed by atoms with E-state index < -0.39 is 0 Å². The zero-order valence-electron chi connectivity index (χ0n) is 15.0. The van der Waals surface area contributed by atoms with E-state index in [-0.39, 0.29) is 11.5 Å². The van der Waals surface area contributed by atoms with Crippen LogP contribution in [0.25, 0.3) is 0 Å². The molecule has 0 radical (unpaired) electrons. The van der Waals surface area contributed by atoms with Crippen LogP contribution in [0.15, 0.2) is 54.6 Å². The maximum atomic E-state index is 6.48. The van der Waals surface area contributed by atoms with Crippen molar-refractivity contribution in [3.8, 4) is 5.75 Å². The Morgan fingerprint density at radius 2 is 1.52 bits per heavy atom. The van der Waals surface area contributed by atoms with Crippen LogP contribution in [0.2, 0.25) is 0 Å². The molecular formula is C21H29NO. The second-order valence-electron chi connectivity index (χ2n) is 7.36. The van der Waals surface area contributed by atoms with Crippen LogP contribution in [0.5, 0.6) is 5.75 Å². The van der Waals surface area contributed by atoms with Gasteiger partial charge in [-0.15, -0.1) is 0 Å². The van der Waals surface area contributed by atoms with E-state index in [4.69, 9.17) is 4.74 Å². The fourth-order valence-corrected chi connectivity index (χ4v) is 2.68. The summed E-state index contributed by atoms with van der Waals surface area (Å²) < 4.78 is 6.48. The lowest BCUT2D eigenvalue weighted by Gasteiger charge is -2.27. The average Bonchev–Trinajstić information content (AvgIpc) is 2.51. The van der Waals surface area contributed by atoms with Crippen LogP contribution in [0, 0.1) is 0 Å². The van der Waals surface area contributed by atoms with Crippen molar-refractivity contribution in [3.05, 3.63) is 65.7 Å². The summed E-state index contributed by atoms with van der Waals surface area (Å²) in [6.45, 7) is 7.68. The predicted molar refractivity (Wildman–Crippen MR) is 98.1 cm³/mol. The van der Waals surface area contributed by atoms with Crippen LogP contribution in [0.4, 0.5) is 0 Å². The highest BCUT2D eigenvalue weighted by Gasteiger charge is 2.21. The lowest BCUT2D eigenvalue weighted by atomic mass is 9.86. The molecule has 0 amide bonds. The van der Waals surface area contributed by atoms with E-state index in [1.54, 1.807) is 0 Å². The van der Waals surface area contributed by atoms with E-state index in [1.165, 1.54) is 11.1 Å². The SMILES string of the molecule is CN(C)CCC(Oc1ccccc1C(C)(C)C)c1ccccc1. The molecule has 1 atom stereocenters. The van der Waals surface area contributed by atoms with Gasteiger partial charge in [-0.1, -0.05) is 69.3 Å². The molecule has 124 valence electrons. The Kier molecular flexibility index (Phi) is 5.84. The van der Waals surface area contributed by atoms with Crippen LogP contribution >= 0.6 is 0 Å². The Labute approximate surface area is 141 Å². The maximum absolute atomic E-state index is 6.48. The van der Waals surface area contributed by atoms with Gasteiger partial charge in [0.25, 0.3) is 0 Å². The standard InChI is InChI=1S/C21H29NO/c1-21(2,3)18-13-9-10-14-20(18)23-19(15-16-22(4)5)17-11-7-6-8-12-17/h6-14,19H,15-16H2,1-5H3. The lowest BCUT2D eigenvalue weighted by Crippen LogP contribution is -2.20. The van der Waals surface area contributed by atoms with Crippen molar-refractivity contribution in [2.24, 2.45) is 0 Å². The molecular weight excluding hydrogens is 282 g/mol. The molecule has 0 bridgehead atoms. The molecule has 0 heterocycles. The van der Waals surface area contributed by atoms with Crippen molar-refractivity contribution in [2.45, 2.75) is 38.7 Å². The van der Waals surface area contributed by atoms with Crippen LogP contribution in [-0.4, -0.2) is 25.5 Å². The van der Waals surface area contributed by atoms with Gasteiger partial charge in [0.15, 0.2) is 0 Å². The molecule has 0 saturated carbocycles. The molecule has 2 heteroatoms.